The second-order valence-electron chi connectivity index (χ2n) is 4.65. The van der Waals surface area contributed by atoms with Gasteiger partial charge >= 0.3 is 5.97 Å². The number of ether oxygens (including phenoxy) is 1. The van der Waals surface area contributed by atoms with Gasteiger partial charge in [-0.15, -0.1) is 0 Å². The van der Waals surface area contributed by atoms with Gasteiger partial charge in [-0.1, -0.05) is 54.1 Å². The van der Waals surface area contributed by atoms with Gasteiger partial charge in [-0.3, -0.25) is 4.79 Å². The number of benzene rings is 2. The molecule has 22 heavy (non-hydrogen) atoms. The molecule has 112 valence electrons. The lowest BCUT2D eigenvalue weighted by Gasteiger charge is -2.05. The smallest absolute Gasteiger partial charge is 0.338 e. The van der Waals surface area contributed by atoms with Gasteiger partial charge in [0.25, 0.3) is 0 Å². The standard InChI is InChI=1S/C18H15ClO3/c1-22-18(21)17-11-16(19)10-9-14(17)8-4-7-13-5-2-3-6-15(13)12-20/h2-6,8-12H,7H2,1H3/b8-4+. The van der Waals surface area contributed by atoms with Crippen LogP contribution in [-0.4, -0.2) is 19.4 Å². The molecule has 0 amide bonds. The molecule has 0 unspecified atom stereocenters. The molecule has 0 radical (unpaired) electrons. The van der Waals surface area contributed by atoms with Gasteiger partial charge in [0, 0.05) is 10.6 Å². The monoisotopic (exact) mass is 314 g/mol. The second kappa shape index (κ2) is 7.57. The fourth-order valence-electron chi connectivity index (χ4n) is 2.11. The van der Waals surface area contributed by atoms with Gasteiger partial charge in [-0.2, -0.15) is 0 Å². The number of allylic oxidation sites excluding steroid dienone is 1. The number of methoxy groups -OCH3 is 1. The summed E-state index contributed by atoms with van der Waals surface area (Å²) in [5, 5.41) is 0.476. The molecule has 0 N–H and O–H groups in total. The van der Waals surface area contributed by atoms with E-state index >= 15 is 0 Å². The summed E-state index contributed by atoms with van der Waals surface area (Å²) in [6.45, 7) is 0. The minimum Gasteiger partial charge on any atom is -0.465 e. The fraction of sp³-hybridized carbons (Fsp3) is 0.111. The van der Waals surface area contributed by atoms with Crippen LogP contribution in [0.1, 0.15) is 31.8 Å². The van der Waals surface area contributed by atoms with Crippen LogP contribution in [0.3, 0.4) is 0 Å². The zero-order chi connectivity index (χ0) is 15.9. The normalized spacial score (nSPS) is 10.6. The van der Waals surface area contributed by atoms with Crippen LogP contribution in [0.5, 0.6) is 0 Å². The van der Waals surface area contributed by atoms with Crippen molar-refractivity contribution in [3.05, 3.63) is 75.8 Å². The van der Waals surface area contributed by atoms with Crippen molar-refractivity contribution in [2.24, 2.45) is 0 Å². The summed E-state index contributed by atoms with van der Waals surface area (Å²) in [6, 6.07) is 12.4. The molecule has 0 spiro atoms. The Morgan fingerprint density at radius 3 is 2.68 bits per heavy atom. The lowest BCUT2D eigenvalue weighted by atomic mass is 10.0. The molecule has 0 saturated carbocycles. The van der Waals surface area contributed by atoms with Crippen molar-refractivity contribution in [1.29, 1.82) is 0 Å². The van der Waals surface area contributed by atoms with Gasteiger partial charge in [-0.25, -0.2) is 4.79 Å². The Morgan fingerprint density at radius 1 is 1.18 bits per heavy atom. The Bertz CT molecular complexity index is 720. The first-order valence-corrected chi connectivity index (χ1v) is 7.11. The maximum atomic E-state index is 11.8. The minimum absolute atomic E-state index is 0.412. The average Bonchev–Trinajstić information content (AvgIpc) is 2.55. The highest BCUT2D eigenvalue weighted by atomic mass is 35.5. The SMILES string of the molecule is COC(=O)c1cc(Cl)ccc1/C=C/Cc1ccccc1C=O. The molecule has 3 nitrogen and oxygen atoms in total. The number of carbonyl (C=O) groups excluding carboxylic acids is 2. The molecule has 0 heterocycles. The highest BCUT2D eigenvalue weighted by Gasteiger charge is 2.10. The van der Waals surface area contributed by atoms with Crippen LogP contribution in [-0.2, 0) is 11.2 Å². The van der Waals surface area contributed by atoms with E-state index in [1.165, 1.54) is 7.11 Å². The number of rotatable bonds is 5. The first-order valence-electron chi connectivity index (χ1n) is 6.73. The zero-order valence-electron chi connectivity index (χ0n) is 12.1. The molecule has 0 aliphatic heterocycles. The third-order valence-electron chi connectivity index (χ3n) is 3.24. The van der Waals surface area contributed by atoms with E-state index in [4.69, 9.17) is 16.3 Å². The van der Waals surface area contributed by atoms with E-state index in [9.17, 15) is 9.59 Å². The number of hydrogen-bond donors (Lipinski definition) is 0. The van der Waals surface area contributed by atoms with Crippen LogP contribution in [0.25, 0.3) is 6.08 Å². The summed E-state index contributed by atoms with van der Waals surface area (Å²) >= 11 is 5.92. The number of halogens is 1. The van der Waals surface area contributed by atoms with E-state index in [1.54, 1.807) is 24.3 Å². The average molecular weight is 315 g/mol. The van der Waals surface area contributed by atoms with Crippen LogP contribution in [0.4, 0.5) is 0 Å². The lowest BCUT2D eigenvalue weighted by Crippen LogP contribution is -2.03. The first kappa shape index (κ1) is 16.0. The maximum absolute atomic E-state index is 11.8. The topological polar surface area (TPSA) is 43.4 Å². The van der Waals surface area contributed by atoms with E-state index in [0.29, 0.717) is 22.6 Å². The van der Waals surface area contributed by atoms with Crippen LogP contribution >= 0.6 is 11.6 Å². The summed E-state index contributed by atoms with van der Waals surface area (Å²) in [4.78, 5) is 22.7. The third kappa shape index (κ3) is 3.83. The van der Waals surface area contributed by atoms with Crippen molar-refractivity contribution >= 4 is 29.9 Å². The summed E-state index contributed by atoms with van der Waals surface area (Å²) in [5.74, 6) is -0.435. The summed E-state index contributed by atoms with van der Waals surface area (Å²) < 4.78 is 4.76. The predicted molar refractivity (Wildman–Crippen MR) is 87.4 cm³/mol. The molecular formula is C18H15ClO3. The number of hydrogen-bond acceptors (Lipinski definition) is 3. The van der Waals surface area contributed by atoms with Gasteiger partial charge < -0.3 is 4.74 Å². The molecule has 2 rings (SSSR count). The van der Waals surface area contributed by atoms with Crippen LogP contribution < -0.4 is 0 Å². The highest BCUT2D eigenvalue weighted by molar-refractivity contribution is 6.31. The molecular weight excluding hydrogens is 300 g/mol. The van der Waals surface area contributed by atoms with Crippen LogP contribution in [0.15, 0.2) is 48.5 Å². The predicted octanol–water partition coefficient (Wildman–Crippen LogP) is 4.20. The van der Waals surface area contributed by atoms with Crippen molar-refractivity contribution in [1.82, 2.24) is 0 Å². The molecule has 0 aliphatic carbocycles. The van der Waals surface area contributed by atoms with E-state index in [2.05, 4.69) is 0 Å². The Hall–Kier alpha value is -2.39. The second-order valence-corrected chi connectivity index (χ2v) is 5.08. The van der Waals surface area contributed by atoms with E-state index in [0.717, 1.165) is 17.4 Å². The summed E-state index contributed by atoms with van der Waals surface area (Å²) in [5.41, 5.74) is 2.73. The maximum Gasteiger partial charge on any atom is 0.338 e. The number of esters is 1. The van der Waals surface area contributed by atoms with Gasteiger partial charge in [0.05, 0.1) is 12.7 Å². The molecule has 2 aromatic rings. The van der Waals surface area contributed by atoms with E-state index < -0.39 is 5.97 Å². The van der Waals surface area contributed by atoms with E-state index in [-0.39, 0.29) is 0 Å². The van der Waals surface area contributed by atoms with Crippen molar-refractivity contribution in [2.75, 3.05) is 7.11 Å². The third-order valence-corrected chi connectivity index (χ3v) is 3.47. The minimum atomic E-state index is -0.435. The van der Waals surface area contributed by atoms with Crippen molar-refractivity contribution < 1.29 is 14.3 Å². The Kier molecular flexibility index (Phi) is 5.50. The van der Waals surface area contributed by atoms with Crippen molar-refractivity contribution in [3.63, 3.8) is 0 Å². The molecule has 0 saturated heterocycles. The Balaban J connectivity index is 2.23. The fourth-order valence-corrected chi connectivity index (χ4v) is 2.28. The first-order chi connectivity index (χ1) is 10.7. The van der Waals surface area contributed by atoms with E-state index in [1.807, 2.05) is 30.4 Å². The van der Waals surface area contributed by atoms with Gasteiger partial charge in [0.1, 0.15) is 6.29 Å². The van der Waals surface area contributed by atoms with Crippen molar-refractivity contribution in [2.45, 2.75) is 6.42 Å². The molecule has 0 fully saturated rings. The van der Waals surface area contributed by atoms with Gasteiger partial charge in [0.2, 0.25) is 0 Å². The highest BCUT2D eigenvalue weighted by Crippen LogP contribution is 2.19. The molecule has 0 aliphatic rings. The van der Waals surface area contributed by atoms with Crippen LogP contribution in [0, 0.1) is 0 Å². The van der Waals surface area contributed by atoms with Crippen molar-refractivity contribution in [3.8, 4) is 0 Å². The lowest BCUT2D eigenvalue weighted by molar-refractivity contribution is 0.0600. The summed E-state index contributed by atoms with van der Waals surface area (Å²) in [6.07, 6.45) is 5.16. The number of carbonyl (C=O) groups is 2. The number of aldehydes is 1. The quantitative estimate of drug-likeness (QED) is 0.614. The largest absolute Gasteiger partial charge is 0.465 e. The molecule has 4 heteroatoms. The van der Waals surface area contributed by atoms with Crippen LogP contribution in [0.2, 0.25) is 5.02 Å². The van der Waals surface area contributed by atoms with Gasteiger partial charge in [0.15, 0.2) is 0 Å². The Morgan fingerprint density at radius 2 is 1.95 bits per heavy atom. The Labute approximate surface area is 134 Å². The molecule has 2 aromatic carbocycles. The van der Waals surface area contributed by atoms with Gasteiger partial charge in [-0.05, 0) is 29.7 Å². The molecule has 0 aromatic heterocycles. The zero-order valence-corrected chi connectivity index (χ0v) is 12.8. The molecule has 0 atom stereocenters. The summed E-state index contributed by atoms with van der Waals surface area (Å²) in [7, 11) is 1.33. The molecule has 0 bridgehead atoms.